The molecule has 0 aliphatic heterocycles. The predicted molar refractivity (Wildman–Crippen MR) is 70.7 cm³/mol. The summed E-state index contributed by atoms with van der Waals surface area (Å²) in [5, 5.41) is 3.53. The molecule has 0 heterocycles. The number of nitrogens with one attached hydrogen (secondary N) is 1. The summed E-state index contributed by atoms with van der Waals surface area (Å²) in [6.45, 7) is 6.44. The number of rotatable bonds is 2. The van der Waals surface area contributed by atoms with Gasteiger partial charge in [0.1, 0.15) is 5.82 Å². The van der Waals surface area contributed by atoms with Crippen molar-refractivity contribution in [2.24, 2.45) is 11.8 Å². The maximum atomic E-state index is 13.5. The number of halogens is 1. The fourth-order valence-electron chi connectivity index (χ4n) is 2.70. The van der Waals surface area contributed by atoms with Crippen molar-refractivity contribution in [3.05, 3.63) is 29.6 Å². The largest absolute Gasteiger partial charge is 0.382 e. The van der Waals surface area contributed by atoms with Gasteiger partial charge < -0.3 is 5.32 Å². The lowest BCUT2D eigenvalue weighted by atomic mass is 9.80. The minimum Gasteiger partial charge on any atom is -0.382 e. The number of hydrogen-bond donors (Lipinski definition) is 1. The Morgan fingerprint density at radius 1 is 1.24 bits per heavy atom. The Hall–Kier alpha value is -1.05. The van der Waals surface area contributed by atoms with Crippen LogP contribution in [0, 0.1) is 24.6 Å². The second-order valence-corrected chi connectivity index (χ2v) is 5.56. The standard InChI is InChI=1S/C15H22FN/c1-10-7-8-11(2)15(9-10)17-14-6-4-5-13(16)12(14)3/h4-6,10-11,15,17H,7-9H2,1-3H3. The van der Waals surface area contributed by atoms with E-state index in [1.807, 2.05) is 13.0 Å². The molecular weight excluding hydrogens is 213 g/mol. The van der Waals surface area contributed by atoms with Crippen LogP contribution in [0.2, 0.25) is 0 Å². The van der Waals surface area contributed by atoms with Crippen molar-refractivity contribution in [1.29, 1.82) is 0 Å². The van der Waals surface area contributed by atoms with Crippen LogP contribution in [0.3, 0.4) is 0 Å². The van der Waals surface area contributed by atoms with Crippen molar-refractivity contribution >= 4 is 5.69 Å². The zero-order valence-electron chi connectivity index (χ0n) is 11.0. The molecule has 1 nitrogen and oxygen atoms in total. The van der Waals surface area contributed by atoms with E-state index in [-0.39, 0.29) is 5.82 Å². The highest BCUT2D eigenvalue weighted by Gasteiger charge is 2.25. The summed E-state index contributed by atoms with van der Waals surface area (Å²) in [6, 6.07) is 5.76. The quantitative estimate of drug-likeness (QED) is 0.802. The van der Waals surface area contributed by atoms with E-state index in [9.17, 15) is 4.39 Å². The van der Waals surface area contributed by atoms with E-state index in [1.165, 1.54) is 25.3 Å². The second-order valence-electron chi connectivity index (χ2n) is 5.56. The van der Waals surface area contributed by atoms with Crippen LogP contribution < -0.4 is 5.32 Å². The van der Waals surface area contributed by atoms with Crippen molar-refractivity contribution in [1.82, 2.24) is 0 Å². The summed E-state index contributed by atoms with van der Waals surface area (Å²) in [6.07, 6.45) is 3.78. The Labute approximate surface area is 103 Å². The first-order valence-electron chi connectivity index (χ1n) is 6.59. The van der Waals surface area contributed by atoms with Gasteiger partial charge in [0.15, 0.2) is 0 Å². The van der Waals surface area contributed by atoms with E-state index in [2.05, 4.69) is 19.2 Å². The molecule has 1 aliphatic rings. The van der Waals surface area contributed by atoms with Gasteiger partial charge in [0.2, 0.25) is 0 Å². The Morgan fingerprint density at radius 3 is 2.76 bits per heavy atom. The van der Waals surface area contributed by atoms with E-state index >= 15 is 0 Å². The monoisotopic (exact) mass is 235 g/mol. The van der Waals surface area contributed by atoms with Crippen LogP contribution in [-0.4, -0.2) is 6.04 Å². The lowest BCUT2D eigenvalue weighted by molar-refractivity contribution is 0.280. The molecule has 2 heteroatoms. The minimum atomic E-state index is -0.119. The average Bonchev–Trinajstić information content (AvgIpc) is 2.30. The minimum absolute atomic E-state index is 0.119. The fourth-order valence-corrected chi connectivity index (χ4v) is 2.70. The molecule has 3 atom stereocenters. The summed E-state index contributed by atoms with van der Waals surface area (Å²) in [7, 11) is 0. The zero-order valence-corrected chi connectivity index (χ0v) is 11.0. The Kier molecular flexibility index (Phi) is 3.70. The summed E-state index contributed by atoms with van der Waals surface area (Å²) in [4.78, 5) is 0. The lowest BCUT2D eigenvalue weighted by Crippen LogP contribution is -2.33. The molecule has 2 rings (SSSR count). The lowest BCUT2D eigenvalue weighted by Gasteiger charge is -2.34. The first-order chi connectivity index (χ1) is 8.08. The number of anilines is 1. The van der Waals surface area contributed by atoms with Crippen molar-refractivity contribution in [2.75, 3.05) is 5.32 Å². The van der Waals surface area contributed by atoms with Crippen LogP contribution in [0.1, 0.15) is 38.7 Å². The molecular formula is C15H22FN. The highest BCUT2D eigenvalue weighted by molar-refractivity contribution is 5.51. The zero-order chi connectivity index (χ0) is 12.4. The Morgan fingerprint density at radius 2 is 2.00 bits per heavy atom. The van der Waals surface area contributed by atoms with Gasteiger partial charge >= 0.3 is 0 Å². The third kappa shape index (κ3) is 2.80. The average molecular weight is 235 g/mol. The third-order valence-corrected chi connectivity index (χ3v) is 4.07. The van der Waals surface area contributed by atoms with Gasteiger partial charge in [-0.1, -0.05) is 26.3 Å². The molecule has 1 aromatic rings. The molecule has 3 unspecified atom stereocenters. The van der Waals surface area contributed by atoms with E-state index in [1.54, 1.807) is 6.07 Å². The van der Waals surface area contributed by atoms with Crippen LogP contribution in [0.25, 0.3) is 0 Å². The van der Waals surface area contributed by atoms with Crippen LogP contribution in [0.5, 0.6) is 0 Å². The molecule has 0 bridgehead atoms. The van der Waals surface area contributed by atoms with E-state index < -0.39 is 0 Å². The maximum absolute atomic E-state index is 13.5. The second kappa shape index (κ2) is 5.07. The molecule has 1 aliphatic carbocycles. The predicted octanol–water partition coefficient (Wildman–Crippen LogP) is 4.37. The van der Waals surface area contributed by atoms with Crippen molar-refractivity contribution in [3.63, 3.8) is 0 Å². The van der Waals surface area contributed by atoms with Gasteiger partial charge in [-0.3, -0.25) is 0 Å². The molecule has 1 fully saturated rings. The highest BCUT2D eigenvalue weighted by Crippen LogP contribution is 2.31. The molecule has 0 radical (unpaired) electrons. The van der Waals surface area contributed by atoms with Gasteiger partial charge in [-0.2, -0.15) is 0 Å². The molecule has 1 saturated carbocycles. The smallest absolute Gasteiger partial charge is 0.128 e. The molecule has 0 spiro atoms. The van der Waals surface area contributed by atoms with Gasteiger partial charge in [0.05, 0.1) is 0 Å². The van der Waals surface area contributed by atoms with Gasteiger partial charge in [-0.15, -0.1) is 0 Å². The molecule has 1 N–H and O–H groups in total. The first kappa shape index (κ1) is 12.4. The number of benzene rings is 1. The Bertz CT molecular complexity index is 389. The Balaban J connectivity index is 2.11. The normalized spacial score (nSPS) is 29.1. The van der Waals surface area contributed by atoms with Crippen LogP contribution in [0.4, 0.5) is 10.1 Å². The van der Waals surface area contributed by atoms with Gasteiger partial charge in [0, 0.05) is 17.3 Å². The molecule has 0 saturated heterocycles. The van der Waals surface area contributed by atoms with Crippen LogP contribution in [0.15, 0.2) is 18.2 Å². The topological polar surface area (TPSA) is 12.0 Å². The SMILES string of the molecule is Cc1c(F)cccc1NC1CC(C)CCC1C. The molecule has 94 valence electrons. The van der Waals surface area contributed by atoms with Crippen molar-refractivity contribution in [2.45, 2.75) is 46.1 Å². The fraction of sp³-hybridized carbons (Fsp3) is 0.600. The molecule has 0 aromatic heterocycles. The van der Waals surface area contributed by atoms with E-state index in [0.29, 0.717) is 12.0 Å². The summed E-state index contributed by atoms with van der Waals surface area (Å²) < 4.78 is 13.5. The van der Waals surface area contributed by atoms with Crippen molar-refractivity contribution < 1.29 is 4.39 Å². The summed E-state index contributed by atoms with van der Waals surface area (Å²) in [5.74, 6) is 1.33. The molecule has 17 heavy (non-hydrogen) atoms. The maximum Gasteiger partial charge on any atom is 0.128 e. The first-order valence-corrected chi connectivity index (χ1v) is 6.59. The van der Waals surface area contributed by atoms with Crippen LogP contribution in [-0.2, 0) is 0 Å². The van der Waals surface area contributed by atoms with Gasteiger partial charge in [-0.05, 0) is 43.7 Å². The highest BCUT2D eigenvalue weighted by atomic mass is 19.1. The van der Waals surface area contributed by atoms with E-state index in [4.69, 9.17) is 0 Å². The van der Waals surface area contributed by atoms with E-state index in [0.717, 1.165) is 17.2 Å². The summed E-state index contributed by atoms with van der Waals surface area (Å²) >= 11 is 0. The summed E-state index contributed by atoms with van der Waals surface area (Å²) in [5.41, 5.74) is 1.69. The van der Waals surface area contributed by atoms with Gasteiger partial charge in [-0.25, -0.2) is 4.39 Å². The van der Waals surface area contributed by atoms with Crippen molar-refractivity contribution in [3.8, 4) is 0 Å². The molecule has 0 amide bonds. The third-order valence-electron chi connectivity index (χ3n) is 4.07. The van der Waals surface area contributed by atoms with Crippen LogP contribution >= 0.6 is 0 Å². The number of hydrogen-bond acceptors (Lipinski definition) is 1. The molecule has 1 aromatic carbocycles. The van der Waals surface area contributed by atoms with Gasteiger partial charge in [0.25, 0.3) is 0 Å².